The third kappa shape index (κ3) is 6.99. The van der Waals surface area contributed by atoms with Gasteiger partial charge < -0.3 is 25.8 Å². The molecule has 0 bridgehead atoms. The minimum Gasteiger partial charge on any atom is -0.457 e. The number of rotatable bonds is 7. The Hall–Kier alpha value is -3.22. The fourth-order valence-corrected chi connectivity index (χ4v) is 3.26. The number of aryl methyl sites for hydroxylation is 2. The number of hydrogen-bond acceptors (Lipinski definition) is 4. The highest BCUT2D eigenvalue weighted by Gasteiger charge is 2.23. The van der Waals surface area contributed by atoms with Crippen molar-refractivity contribution in [3.8, 4) is 11.5 Å². The largest absolute Gasteiger partial charge is 0.457 e. The van der Waals surface area contributed by atoms with Crippen LogP contribution >= 0.6 is 0 Å². The lowest BCUT2D eigenvalue weighted by Gasteiger charge is -2.25. The van der Waals surface area contributed by atoms with E-state index in [1.807, 2.05) is 65.8 Å². The van der Waals surface area contributed by atoms with Gasteiger partial charge in [-0.15, -0.1) is 0 Å². The molecule has 4 N–H and O–H groups in total. The number of ether oxygens (including phenoxy) is 2. The topological polar surface area (TPSA) is 103 Å². The van der Waals surface area contributed by atoms with Crippen molar-refractivity contribution in [2.75, 3.05) is 5.32 Å². The molecule has 0 atom stereocenters. The van der Waals surface area contributed by atoms with Crippen molar-refractivity contribution in [2.45, 2.75) is 59.6 Å². The van der Waals surface area contributed by atoms with E-state index < -0.39 is 11.7 Å². The molecule has 0 aliphatic carbocycles. The van der Waals surface area contributed by atoms with Gasteiger partial charge in [0.1, 0.15) is 17.1 Å². The SMILES string of the molecule is Cc1cc(CC(C)(C)OC(N)=O)cc(C)c1Oc1ccc(NC(=O)NC(C)C)cc1. The summed E-state index contributed by atoms with van der Waals surface area (Å²) in [6.07, 6.45) is -0.246. The molecule has 7 nitrogen and oxygen atoms in total. The van der Waals surface area contributed by atoms with Crippen LogP contribution in [0.4, 0.5) is 15.3 Å². The van der Waals surface area contributed by atoms with Crippen molar-refractivity contribution in [3.63, 3.8) is 0 Å². The van der Waals surface area contributed by atoms with Gasteiger partial charge in [0.2, 0.25) is 0 Å². The number of nitrogens with two attached hydrogens (primary N) is 1. The van der Waals surface area contributed by atoms with Crippen LogP contribution in [-0.4, -0.2) is 23.8 Å². The van der Waals surface area contributed by atoms with Gasteiger partial charge in [0.15, 0.2) is 0 Å². The number of carbonyl (C=O) groups excluding carboxylic acids is 2. The molecular formula is C23H31N3O4. The third-order valence-electron chi connectivity index (χ3n) is 4.28. The first-order valence-corrected chi connectivity index (χ1v) is 9.89. The second kappa shape index (κ2) is 9.52. The standard InChI is InChI=1S/C23H31N3O4/c1-14(2)25-22(28)26-18-7-9-19(10-8-18)29-20-15(3)11-17(12-16(20)4)13-23(5,6)30-21(24)27/h7-12,14H,13H2,1-6H3,(H2,24,27)(H2,25,26,28). The fourth-order valence-electron chi connectivity index (χ4n) is 3.26. The third-order valence-corrected chi connectivity index (χ3v) is 4.28. The van der Waals surface area contributed by atoms with Crippen LogP contribution in [-0.2, 0) is 11.2 Å². The van der Waals surface area contributed by atoms with Crippen LogP contribution in [0, 0.1) is 13.8 Å². The number of carbonyl (C=O) groups is 2. The summed E-state index contributed by atoms with van der Waals surface area (Å²) in [7, 11) is 0. The molecule has 0 heterocycles. The summed E-state index contributed by atoms with van der Waals surface area (Å²) in [6, 6.07) is 11.0. The molecule has 2 aromatic carbocycles. The Balaban J connectivity index is 2.10. The Labute approximate surface area is 177 Å². The Morgan fingerprint density at radius 3 is 2.13 bits per heavy atom. The van der Waals surface area contributed by atoms with Crippen LogP contribution in [0.5, 0.6) is 11.5 Å². The molecule has 0 aromatic heterocycles. The summed E-state index contributed by atoms with van der Waals surface area (Å²) in [6.45, 7) is 11.4. The van der Waals surface area contributed by atoms with Crippen molar-refractivity contribution >= 4 is 17.8 Å². The number of primary amides is 1. The van der Waals surface area contributed by atoms with Gasteiger partial charge in [0, 0.05) is 18.2 Å². The fraction of sp³-hybridized carbons (Fsp3) is 0.391. The highest BCUT2D eigenvalue weighted by molar-refractivity contribution is 5.89. The Morgan fingerprint density at radius 1 is 1.07 bits per heavy atom. The van der Waals surface area contributed by atoms with E-state index in [4.69, 9.17) is 15.2 Å². The molecule has 0 spiro atoms. The first-order chi connectivity index (χ1) is 13.9. The maximum Gasteiger partial charge on any atom is 0.405 e. The molecule has 0 aliphatic rings. The zero-order valence-electron chi connectivity index (χ0n) is 18.5. The minimum atomic E-state index is -0.784. The highest BCUT2D eigenvalue weighted by atomic mass is 16.6. The Kier molecular flexibility index (Phi) is 7.32. The van der Waals surface area contributed by atoms with E-state index in [0.717, 1.165) is 22.4 Å². The van der Waals surface area contributed by atoms with Crippen molar-refractivity contribution in [1.29, 1.82) is 0 Å². The molecule has 3 amide bonds. The van der Waals surface area contributed by atoms with Gasteiger partial charge in [-0.3, -0.25) is 0 Å². The molecule has 162 valence electrons. The van der Waals surface area contributed by atoms with E-state index in [1.165, 1.54) is 0 Å². The van der Waals surface area contributed by atoms with Gasteiger partial charge in [-0.25, -0.2) is 9.59 Å². The maximum absolute atomic E-state index is 11.8. The van der Waals surface area contributed by atoms with Crippen LogP contribution in [0.3, 0.4) is 0 Å². The van der Waals surface area contributed by atoms with E-state index in [9.17, 15) is 9.59 Å². The Morgan fingerprint density at radius 2 is 1.63 bits per heavy atom. The van der Waals surface area contributed by atoms with Gasteiger partial charge in [-0.1, -0.05) is 12.1 Å². The average molecular weight is 414 g/mol. The van der Waals surface area contributed by atoms with Gasteiger partial charge in [0.25, 0.3) is 0 Å². The van der Waals surface area contributed by atoms with Crippen LogP contribution in [0.2, 0.25) is 0 Å². The summed E-state index contributed by atoms with van der Waals surface area (Å²) in [4.78, 5) is 22.9. The second-order valence-electron chi connectivity index (χ2n) is 8.30. The molecule has 7 heteroatoms. The quantitative estimate of drug-likeness (QED) is 0.591. The number of amides is 3. The molecule has 0 fully saturated rings. The number of anilines is 1. The number of nitrogens with one attached hydrogen (secondary N) is 2. The predicted octanol–water partition coefficient (Wildman–Crippen LogP) is 5.04. The summed E-state index contributed by atoms with van der Waals surface area (Å²) < 4.78 is 11.3. The summed E-state index contributed by atoms with van der Waals surface area (Å²) in [5, 5.41) is 5.56. The second-order valence-corrected chi connectivity index (χ2v) is 8.30. The molecule has 0 saturated carbocycles. The predicted molar refractivity (Wildman–Crippen MR) is 118 cm³/mol. The minimum absolute atomic E-state index is 0.0643. The van der Waals surface area contributed by atoms with E-state index in [2.05, 4.69) is 10.6 Å². The van der Waals surface area contributed by atoms with Gasteiger partial charge in [-0.05, 0) is 82.5 Å². The first kappa shape index (κ1) is 23.1. The molecule has 2 rings (SSSR count). The summed E-state index contributed by atoms with van der Waals surface area (Å²) in [5.41, 5.74) is 8.11. The lowest BCUT2D eigenvalue weighted by Crippen LogP contribution is -2.34. The van der Waals surface area contributed by atoms with Gasteiger partial charge in [0.05, 0.1) is 0 Å². The molecule has 0 aliphatic heterocycles. The van der Waals surface area contributed by atoms with E-state index in [1.54, 1.807) is 12.1 Å². The zero-order valence-corrected chi connectivity index (χ0v) is 18.5. The number of urea groups is 1. The number of hydrogen-bond donors (Lipinski definition) is 3. The van der Waals surface area contributed by atoms with Gasteiger partial charge in [-0.2, -0.15) is 0 Å². The van der Waals surface area contributed by atoms with Crippen molar-refractivity contribution < 1.29 is 19.1 Å². The first-order valence-electron chi connectivity index (χ1n) is 9.89. The van der Waals surface area contributed by atoms with E-state index >= 15 is 0 Å². The Bertz CT molecular complexity index is 882. The molecule has 0 unspecified atom stereocenters. The monoisotopic (exact) mass is 413 g/mol. The van der Waals surface area contributed by atoms with Gasteiger partial charge >= 0.3 is 12.1 Å². The molecule has 30 heavy (non-hydrogen) atoms. The highest BCUT2D eigenvalue weighted by Crippen LogP contribution is 2.32. The van der Waals surface area contributed by atoms with Crippen molar-refractivity contribution in [2.24, 2.45) is 5.73 Å². The molecule has 0 saturated heterocycles. The molecular weight excluding hydrogens is 382 g/mol. The maximum atomic E-state index is 11.8. The number of benzene rings is 2. The van der Waals surface area contributed by atoms with Crippen molar-refractivity contribution in [1.82, 2.24) is 5.32 Å². The smallest absolute Gasteiger partial charge is 0.405 e. The van der Waals surface area contributed by atoms with Crippen LogP contribution < -0.4 is 21.1 Å². The lowest BCUT2D eigenvalue weighted by molar-refractivity contribution is 0.0460. The molecule has 0 radical (unpaired) electrons. The summed E-state index contributed by atoms with van der Waals surface area (Å²) >= 11 is 0. The van der Waals surface area contributed by atoms with E-state index in [-0.39, 0.29) is 12.1 Å². The molecule has 2 aromatic rings. The normalized spacial score (nSPS) is 11.2. The average Bonchev–Trinajstić information content (AvgIpc) is 2.57. The lowest BCUT2D eigenvalue weighted by atomic mass is 9.95. The van der Waals surface area contributed by atoms with E-state index in [0.29, 0.717) is 17.9 Å². The summed E-state index contributed by atoms with van der Waals surface area (Å²) in [5.74, 6) is 1.44. The zero-order chi connectivity index (χ0) is 22.5. The van der Waals surface area contributed by atoms with Crippen LogP contribution in [0.15, 0.2) is 36.4 Å². The van der Waals surface area contributed by atoms with Crippen LogP contribution in [0.1, 0.15) is 44.4 Å². The van der Waals surface area contributed by atoms with Crippen LogP contribution in [0.25, 0.3) is 0 Å². The van der Waals surface area contributed by atoms with Crippen molar-refractivity contribution in [3.05, 3.63) is 53.1 Å².